The van der Waals surface area contributed by atoms with Gasteiger partial charge < -0.3 is 10.5 Å². The molecule has 20 heavy (non-hydrogen) atoms. The number of ether oxygens (including phenoxy) is 1. The lowest BCUT2D eigenvalue weighted by Gasteiger charge is -2.18. The second kappa shape index (κ2) is 6.64. The number of halogens is 1. The maximum atomic E-state index is 6.03. The van der Waals surface area contributed by atoms with Crippen LogP contribution < -0.4 is 10.5 Å². The van der Waals surface area contributed by atoms with Gasteiger partial charge in [0, 0.05) is 29.9 Å². The van der Waals surface area contributed by atoms with E-state index < -0.39 is 0 Å². The molecule has 0 aliphatic heterocycles. The first-order chi connectivity index (χ1) is 9.58. The average Bonchev–Trinajstić information content (AvgIpc) is 2.43. The second-order valence-electron chi connectivity index (χ2n) is 4.86. The Labute approximate surface area is 124 Å². The van der Waals surface area contributed by atoms with Crippen molar-refractivity contribution in [1.82, 2.24) is 4.90 Å². The number of rotatable bonds is 5. The largest absolute Gasteiger partial charge is 0.497 e. The minimum Gasteiger partial charge on any atom is -0.497 e. The quantitative estimate of drug-likeness (QED) is 0.856. The zero-order chi connectivity index (χ0) is 14.5. The Hall–Kier alpha value is -1.71. The van der Waals surface area contributed by atoms with Crippen LogP contribution in [-0.2, 0) is 13.1 Å². The highest BCUT2D eigenvalue weighted by Gasteiger charge is 2.06. The second-order valence-corrected chi connectivity index (χ2v) is 5.30. The molecule has 0 spiro atoms. The molecule has 2 rings (SSSR count). The van der Waals surface area contributed by atoms with Crippen molar-refractivity contribution in [3.05, 3.63) is 58.6 Å². The average molecular weight is 291 g/mol. The third kappa shape index (κ3) is 3.89. The van der Waals surface area contributed by atoms with Gasteiger partial charge in [-0.1, -0.05) is 29.8 Å². The smallest absolute Gasteiger partial charge is 0.120 e. The Kier molecular flexibility index (Phi) is 4.88. The van der Waals surface area contributed by atoms with Crippen LogP contribution in [0, 0.1) is 0 Å². The number of hydrogen-bond donors (Lipinski definition) is 1. The van der Waals surface area contributed by atoms with Gasteiger partial charge in [-0.3, -0.25) is 4.90 Å². The molecule has 0 heterocycles. The summed E-state index contributed by atoms with van der Waals surface area (Å²) in [4.78, 5) is 2.21. The summed E-state index contributed by atoms with van der Waals surface area (Å²) in [7, 11) is 3.71. The Morgan fingerprint density at radius 2 is 1.80 bits per heavy atom. The summed E-state index contributed by atoms with van der Waals surface area (Å²) in [5.41, 5.74) is 9.12. The predicted octanol–water partition coefficient (Wildman–Crippen LogP) is 3.56. The predicted molar refractivity (Wildman–Crippen MR) is 84.0 cm³/mol. The molecule has 0 fully saturated rings. The number of nitrogens with zero attached hydrogens (tertiary/aromatic N) is 1. The fourth-order valence-corrected chi connectivity index (χ4v) is 2.22. The van der Waals surface area contributed by atoms with Gasteiger partial charge in [-0.15, -0.1) is 0 Å². The van der Waals surface area contributed by atoms with Gasteiger partial charge in [0.1, 0.15) is 5.75 Å². The van der Waals surface area contributed by atoms with Crippen LogP contribution in [0.5, 0.6) is 5.75 Å². The molecular formula is C16H19ClN2O. The van der Waals surface area contributed by atoms with E-state index in [1.165, 1.54) is 5.56 Å². The molecule has 3 nitrogen and oxygen atoms in total. The minimum absolute atomic E-state index is 0.757. The van der Waals surface area contributed by atoms with Gasteiger partial charge >= 0.3 is 0 Å². The highest BCUT2D eigenvalue weighted by Crippen LogP contribution is 2.21. The van der Waals surface area contributed by atoms with E-state index in [4.69, 9.17) is 22.1 Å². The topological polar surface area (TPSA) is 38.5 Å². The fourth-order valence-electron chi connectivity index (χ4n) is 2.09. The van der Waals surface area contributed by atoms with Crippen LogP contribution in [0.25, 0.3) is 0 Å². The standard InChI is InChI=1S/C16H19ClN2O/c1-19(10-12-3-6-14(17)7-4-12)11-13-5-8-15(20-2)9-16(13)18/h3-9H,10-11,18H2,1-2H3. The number of nitrogens with two attached hydrogens (primary N) is 1. The van der Waals surface area contributed by atoms with Crippen LogP contribution in [0.1, 0.15) is 11.1 Å². The Morgan fingerprint density at radius 3 is 2.40 bits per heavy atom. The van der Waals surface area contributed by atoms with Gasteiger partial charge in [-0.2, -0.15) is 0 Å². The lowest BCUT2D eigenvalue weighted by Crippen LogP contribution is -2.18. The SMILES string of the molecule is COc1ccc(CN(C)Cc2ccc(Cl)cc2)c(N)c1. The van der Waals surface area contributed by atoms with E-state index in [1.54, 1.807) is 7.11 Å². The van der Waals surface area contributed by atoms with Crippen LogP contribution in [0.4, 0.5) is 5.69 Å². The summed E-state index contributed by atoms with van der Waals surface area (Å²) < 4.78 is 5.16. The maximum Gasteiger partial charge on any atom is 0.120 e. The van der Waals surface area contributed by atoms with E-state index in [2.05, 4.69) is 11.9 Å². The van der Waals surface area contributed by atoms with Gasteiger partial charge in [0.15, 0.2) is 0 Å². The Balaban J connectivity index is 2.00. The summed E-state index contributed by atoms with van der Waals surface area (Å²) in [5, 5.41) is 0.760. The third-order valence-corrected chi connectivity index (χ3v) is 3.41. The summed E-state index contributed by atoms with van der Waals surface area (Å²) >= 11 is 5.89. The first kappa shape index (κ1) is 14.7. The van der Waals surface area contributed by atoms with Crippen molar-refractivity contribution in [2.24, 2.45) is 0 Å². The molecule has 2 aromatic rings. The summed E-state index contributed by atoms with van der Waals surface area (Å²) in [5.74, 6) is 0.784. The van der Waals surface area contributed by atoms with Crippen LogP contribution >= 0.6 is 11.6 Å². The lowest BCUT2D eigenvalue weighted by molar-refractivity contribution is 0.319. The van der Waals surface area contributed by atoms with Crippen molar-refractivity contribution < 1.29 is 4.74 Å². The molecular weight excluding hydrogens is 272 g/mol. The molecule has 0 saturated carbocycles. The summed E-state index contributed by atoms with van der Waals surface area (Å²) in [6, 6.07) is 13.7. The van der Waals surface area contributed by atoms with Crippen molar-refractivity contribution in [1.29, 1.82) is 0 Å². The number of hydrogen-bond acceptors (Lipinski definition) is 3. The van der Waals surface area contributed by atoms with Gasteiger partial charge in [-0.25, -0.2) is 0 Å². The first-order valence-electron chi connectivity index (χ1n) is 6.44. The molecule has 0 aromatic heterocycles. The summed E-state index contributed by atoms with van der Waals surface area (Å²) in [6.45, 7) is 1.64. The Morgan fingerprint density at radius 1 is 1.10 bits per heavy atom. The molecule has 0 atom stereocenters. The number of anilines is 1. The van der Waals surface area contributed by atoms with Gasteiger partial charge in [0.2, 0.25) is 0 Å². The van der Waals surface area contributed by atoms with E-state index in [9.17, 15) is 0 Å². The minimum atomic E-state index is 0.757. The fraction of sp³-hybridized carbons (Fsp3) is 0.250. The van der Waals surface area contributed by atoms with E-state index in [-0.39, 0.29) is 0 Å². The van der Waals surface area contributed by atoms with Crippen molar-refractivity contribution >= 4 is 17.3 Å². The molecule has 0 bridgehead atoms. The van der Waals surface area contributed by atoms with Gasteiger partial charge in [0.05, 0.1) is 7.11 Å². The van der Waals surface area contributed by atoms with Crippen LogP contribution in [0.3, 0.4) is 0 Å². The van der Waals surface area contributed by atoms with Gasteiger partial charge in [0.25, 0.3) is 0 Å². The summed E-state index contributed by atoms with van der Waals surface area (Å²) in [6.07, 6.45) is 0. The van der Waals surface area contributed by atoms with Crippen molar-refractivity contribution in [3.63, 3.8) is 0 Å². The molecule has 4 heteroatoms. The maximum absolute atomic E-state index is 6.03. The van der Waals surface area contributed by atoms with Crippen molar-refractivity contribution in [3.8, 4) is 5.75 Å². The highest BCUT2D eigenvalue weighted by atomic mass is 35.5. The van der Waals surface area contributed by atoms with E-state index in [1.807, 2.05) is 42.5 Å². The number of nitrogen functional groups attached to an aromatic ring is 1. The number of benzene rings is 2. The molecule has 106 valence electrons. The monoisotopic (exact) mass is 290 g/mol. The van der Waals surface area contributed by atoms with Gasteiger partial charge in [-0.05, 0) is 36.4 Å². The molecule has 2 N–H and O–H groups in total. The normalized spacial score (nSPS) is 10.8. The van der Waals surface area contributed by atoms with E-state index >= 15 is 0 Å². The lowest BCUT2D eigenvalue weighted by atomic mass is 10.1. The highest BCUT2D eigenvalue weighted by molar-refractivity contribution is 6.30. The zero-order valence-electron chi connectivity index (χ0n) is 11.8. The molecule has 0 saturated heterocycles. The molecule has 0 aliphatic carbocycles. The molecule has 0 amide bonds. The number of methoxy groups -OCH3 is 1. The van der Waals surface area contributed by atoms with E-state index in [0.29, 0.717) is 0 Å². The van der Waals surface area contributed by atoms with E-state index in [0.717, 1.165) is 35.1 Å². The van der Waals surface area contributed by atoms with Crippen LogP contribution in [-0.4, -0.2) is 19.1 Å². The zero-order valence-corrected chi connectivity index (χ0v) is 12.5. The van der Waals surface area contributed by atoms with Crippen molar-refractivity contribution in [2.75, 3.05) is 19.9 Å². The molecule has 2 aromatic carbocycles. The Bertz CT molecular complexity index is 569. The van der Waals surface area contributed by atoms with Crippen molar-refractivity contribution in [2.45, 2.75) is 13.1 Å². The third-order valence-electron chi connectivity index (χ3n) is 3.16. The molecule has 0 aliphatic rings. The van der Waals surface area contributed by atoms with Crippen LogP contribution in [0.2, 0.25) is 5.02 Å². The molecule has 0 radical (unpaired) electrons. The molecule has 0 unspecified atom stereocenters. The first-order valence-corrected chi connectivity index (χ1v) is 6.81. The van der Waals surface area contributed by atoms with Crippen LogP contribution in [0.15, 0.2) is 42.5 Å².